The lowest BCUT2D eigenvalue weighted by molar-refractivity contribution is 0.595. The third-order valence-corrected chi connectivity index (χ3v) is 4.60. The van der Waals surface area contributed by atoms with Gasteiger partial charge in [-0.1, -0.05) is 23.2 Å². The Morgan fingerprint density at radius 1 is 1.24 bits per heavy atom. The lowest BCUT2D eigenvalue weighted by Gasteiger charge is -2.14. The first-order valence-corrected chi connectivity index (χ1v) is 9.12. The molecule has 0 radical (unpaired) electrons. The van der Waals surface area contributed by atoms with Crippen molar-refractivity contribution in [2.75, 3.05) is 17.3 Å². The van der Waals surface area contributed by atoms with Crippen LogP contribution in [0.3, 0.4) is 0 Å². The van der Waals surface area contributed by atoms with Crippen LogP contribution in [-0.4, -0.2) is 36.4 Å². The van der Waals surface area contributed by atoms with Gasteiger partial charge in [-0.25, -0.2) is 13.4 Å². The molecule has 0 aliphatic carbocycles. The fourth-order valence-corrected chi connectivity index (χ4v) is 2.89. The SMILES string of the molecule is CC(CCS(C)(=O)=O)Nc1cnc2cc(Cl)c(Cl)cc2n1. The molecule has 0 aliphatic heterocycles. The lowest BCUT2D eigenvalue weighted by atomic mass is 10.2. The molecule has 1 atom stereocenters. The highest BCUT2D eigenvalue weighted by atomic mass is 35.5. The highest BCUT2D eigenvalue weighted by Crippen LogP contribution is 2.26. The first-order chi connectivity index (χ1) is 9.74. The van der Waals surface area contributed by atoms with Crippen molar-refractivity contribution < 1.29 is 8.42 Å². The number of hydrogen-bond donors (Lipinski definition) is 1. The number of rotatable bonds is 5. The predicted molar refractivity (Wildman–Crippen MR) is 87.0 cm³/mol. The Bertz CT molecular complexity index is 765. The Labute approximate surface area is 133 Å². The van der Waals surface area contributed by atoms with Crippen LogP contribution in [-0.2, 0) is 9.84 Å². The van der Waals surface area contributed by atoms with E-state index in [4.69, 9.17) is 23.2 Å². The van der Waals surface area contributed by atoms with Crippen molar-refractivity contribution in [3.05, 3.63) is 28.4 Å². The largest absolute Gasteiger partial charge is 0.366 e. The number of nitrogens with one attached hydrogen (secondary N) is 1. The van der Waals surface area contributed by atoms with Crippen LogP contribution in [0.2, 0.25) is 10.0 Å². The number of benzene rings is 1. The van der Waals surface area contributed by atoms with Gasteiger partial charge in [0, 0.05) is 12.3 Å². The van der Waals surface area contributed by atoms with E-state index in [1.54, 1.807) is 18.3 Å². The summed E-state index contributed by atoms with van der Waals surface area (Å²) in [4.78, 5) is 8.65. The van der Waals surface area contributed by atoms with Crippen molar-refractivity contribution in [1.29, 1.82) is 0 Å². The topological polar surface area (TPSA) is 72.0 Å². The molecule has 0 aliphatic rings. The van der Waals surface area contributed by atoms with Crippen LogP contribution in [0.25, 0.3) is 11.0 Å². The molecule has 114 valence electrons. The Balaban J connectivity index is 2.14. The fourth-order valence-electron chi connectivity index (χ4n) is 1.79. The van der Waals surface area contributed by atoms with Gasteiger partial charge in [0.15, 0.2) is 0 Å². The maximum atomic E-state index is 11.1. The van der Waals surface area contributed by atoms with Gasteiger partial charge in [0.1, 0.15) is 15.7 Å². The van der Waals surface area contributed by atoms with Gasteiger partial charge in [-0.15, -0.1) is 0 Å². The van der Waals surface area contributed by atoms with E-state index in [-0.39, 0.29) is 11.8 Å². The monoisotopic (exact) mass is 347 g/mol. The van der Waals surface area contributed by atoms with Gasteiger partial charge in [0.05, 0.1) is 33.0 Å². The zero-order valence-electron chi connectivity index (χ0n) is 11.6. The average molecular weight is 348 g/mol. The quantitative estimate of drug-likeness (QED) is 0.899. The molecule has 2 aromatic rings. The standard InChI is InChI=1S/C13H15Cl2N3O2S/c1-8(3-4-21(2,19)20)17-13-7-16-11-5-9(14)10(15)6-12(11)18-13/h5-8H,3-4H2,1-2H3,(H,17,18). The number of aromatic nitrogens is 2. The van der Waals surface area contributed by atoms with Crippen LogP contribution < -0.4 is 5.32 Å². The van der Waals surface area contributed by atoms with Gasteiger partial charge >= 0.3 is 0 Å². The summed E-state index contributed by atoms with van der Waals surface area (Å²) in [5, 5.41) is 3.98. The van der Waals surface area contributed by atoms with E-state index in [0.29, 0.717) is 33.3 Å². The molecule has 1 aromatic heterocycles. The van der Waals surface area contributed by atoms with E-state index in [2.05, 4.69) is 15.3 Å². The molecular weight excluding hydrogens is 333 g/mol. The van der Waals surface area contributed by atoms with E-state index in [1.807, 2.05) is 6.92 Å². The van der Waals surface area contributed by atoms with E-state index in [1.165, 1.54) is 6.26 Å². The molecule has 1 N–H and O–H groups in total. The van der Waals surface area contributed by atoms with E-state index < -0.39 is 9.84 Å². The number of nitrogens with zero attached hydrogens (tertiary/aromatic N) is 2. The average Bonchev–Trinajstić information content (AvgIpc) is 2.37. The number of fused-ring (bicyclic) bond motifs is 1. The highest BCUT2D eigenvalue weighted by molar-refractivity contribution is 7.90. The molecule has 1 aromatic carbocycles. The lowest BCUT2D eigenvalue weighted by Crippen LogP contribution is -2.20. The Kier molecular flexibility index (Phi) is 4.91. The van der Waals surface area contributed by atoms with Crippen molar-refractivity contribution in [1.82, 2.24) is 9.97 Å². The van der Waals surface area contributed by atoms with Gasteiger partial charge in [-0.3, -0.25) is 4.98 Å². The summed E-state index contributed by atoms with van der Waals surface area (Å²) in [5.41, 5.74) is 1.28. The molecule has 5 nitrogen and oxygen atoms in total. The smallest absolute Gasteiger partial charge is 0.147 e. The summed E-state index contributed by atoms with van der Waals surface area (Å²) in [6.45, 7) is 1.89. The Morgan fingerprint density at radius 3 is 2.48 bits per heavy atom. The summed E-state index contributed by atoms with van der Waals surface area (Å²) in [6.07, 6.45) is 3.31. The minimum absolute atomic E-state index is 0.0331. The minimum atomic E-state index is -2.96. The second-order valence-electron chi connectivity index (χ2n) is 4.97. The van der Waals surface area contributed by atoms with Gasteiger partial charge in [-0.2, -0.15) is 0 Å². The van der Waals surface area contributed by atoms with Crippen molar-refractivity contribution >= 4 is 49.9 Å². The van der Waals surface area contributed by atoms with Crippen molar-refractivity contribution in [2.24, 2.45) is 0 Å². The predicted octanol–water partition coefficient (Wildman–Crippen LogP) is 3.17. The molecular formula is C13H15Cl2N3O2S. The van der Waals surface area contributed by atoms with Crippen LogP contribution >= 0.6 is 23.2 Å². The molecule has 0 saturated heterocycles. The first kappa shape index (κ1) is 16.3. The number of anilines is 1. The van der Waals surface area contributed by atoms with E-state index in [0.717, 1.165) is 0 Å². The summed E-state index contributed by atoms with van der Waals surface area (Å²) < 4.78 is 22.3. The van der Waals surface area contributed by atoms with Crippen LogP contribution in [0.4, 0.5) is 5.82 Å². The maximum Gasteiger partial charge on any atom is 0.147 e. The van der Waals surface area contributed by atoms with Gasteiger partial charge < -0.3 is 5.32 Å². The van der Waals surface area contributed by atoms with Gasteiger partial charge in [-0.05, 0) is 25.5 Å². The third-order valence-electron chi connectivity index (χ3n) is 2.90. The molecule has 8 heteroatoms. The molecule has 21 heavy (non-hydrogen) atoms. The van der Waals surface area contributed by atoms with Gasteiger partial charge in [0.25, 0.3) is 0 Å². The zero-order chi connectivity index (χ0) is 15.6. The maximum absolute atomic E-state index is 11.1. The molecule has 0 amide bonds. The Morgan fingerprint density at radius 2 is 1.86 bits per heavy atom. The second-order valence-corrected chi connectivity index (χ2v) is 8.05. The van der Waals surface area contributed by atoms with Crippen molar-refractivity contribution in [3.63, 3.8) is 0 Å². The fraction of sp³-hybridized carbons (Fsp3) is 0.385. The third kappa shape index (κ3) is 4.69. The molecule has 2 rings (SSSR count). The van der Waals surface area contributed by atoms with E-state index >= 15 is 0 Å². The number of halogens is 2. The van der Waals surface area contributed by atoms with Crippen LogP contribution in [0, 0.1) is 0 Å². The second kappa shape index (κ2) is 6.34. The van der Waals surface area contributed by atoms with Crippen molar-refractivity contribution in [3.8, 4) is 0 Å². The normalized spacial score (nSPS) is 13.3. The summed E-state index contributed by atoms with van der Waals surface area (Å²) >= 11 is 11.9. The van der Waals surface area contributed by atoms with Crippen LogP contribution in [0.1, 0.15) is 13.3 Å². The molecule has 0 spiro atoms. The number of sulfone groups is 1. The molecule has 0 fully saturated rings. The summed E-state index contributed by atoms with van der Waals surface area (Å²) in [6, 6.07) is 3.27. The van der Waals surface area contributed by atoms with E-state index in [9.17, 15) is 8.42 Å². The zero-order valence-corrected chi connectivity index (χ0v) is 13.9. The Hall–Kier alpha value is -1.11. The van der Waals surface area contributed by atoms with Gasteiger partial charge in [0.2, 0.25) is 0 Å². The molecule has 0 bridgehead atoms. The highest BCUT2D eigenvalue weighted by Gasteiger charge is 2.10. The summed E-state index contributed by atoms with van der Waals surface area (Å²) in [5.74, 6) is 0.700. The molecule has 0 saturated carbocycles. The van der Waals surface area contributed by atoms with Crippen LogP contribution in [0.5, 0.6) is 0 Å². The first-order valence-electron chi connectivity index (χ1n) is 6.30. The molecule has 1 unspecified atom stereocenters. The van der Waals surface area contributed by atoms with Crippen molar-refractivity contribution in [2.45, 2.75) is 19.4 Å². The summed E-state index contributed by atoms with van der Waals surface area (Å²) in [7, 11) is -2.96. The minimum Gasteiger partial charge on any atom is -0.366 e. The molecule has 1 heterocycles. The van der Waals surface area contributed by atoms with Crippen LogP contribution in [0.15, 0.2) is 18.3 Å². The number of hydrogen-bond acceptors (Lipinski definition) is 5.